The van der Waals surface area contributed by atoms with Gasteiger partial charge in [0.05, 0.1) is 11.4 Å². The van der Waals surface area contributed by atoms with E-state index in [0.29, 0.717) is 21.8 Å². The van der Waals surface area contributed by atoms with Gasteiger partial charge in [-0.15, -0.1) is 11.3 Å². The number of nitrogens with one attached hydrogen (secondary N) is 1. The lowest BCUT2D eigenvalue weighted by molar-refractivity contribution is -0.116. The molecule has 0 aliphatic rings. The number of nitrogens with zero attached hydrogens (tertiary/aromatic N) is 3. The van der Waals surface area contributed by atoms with E-state index in [1.54, 1.807) is 6.07 Å². The molecule has 1 N–H and O–H groups in total. The Kier molecular flexibility index (Phi) is 7.20. The number of rotatable bonds is 5. The summed E-state index contributed by atoms with van der Waals surface area (Å²) in [6.07, 6.45) is 1.21. The lowest BCUT2D eigenvalue weighted by Gasteiger charge is -2.18. The van der Waals surface area contributed by atoms with Gasteiger partial charge in [0.2, 0.25) is 5.91 Å². The van der Waals surface area contributed by atoms with Gasteiger partial charge in [0, 0.05) is 34.1 Å². The van der Waals surface area contributed by atoms with Crippen LogP contribution in [0.2, 0.25) is 10.0 Å². The Labute approximate surface area is 195 Å². The van der Waals surface area contributed by atoms with Crippen molar-refractivity contribution < 1.29 is 18.4 Å². The van der Waals surface area contributed by atoms with Gasteiger partial charge < -0.3 is 5.32 Å². The first-order chi connectivity index (χ1) is 15.2. The van der Waals surface area contributed by atoms with Crippen LogP contribution in [-0.2, 0) is 9.59 Å². The van der Waals surface area contributed by atoms with Crippen LogP contribution in [0.15, 0.2) is 47.4 Å². The Morgan fingerprint density at radius 1 is 1.19 bits per heavy atom. The smallest absolute Gasteiger partial charge is 0.266 e. The third kappa shape index (κ3) is 5.48. The van der Waals surface area contributed by atoms with Crippen LogP contribution in [0.3, 0.4) is 0 Å². The molecule has 1 heterocycles. The highest BCUT2D eigenvalue weighted by atomic mass is 35.5. The quantitative estimate of drug-likeness (QED) is 0.351. The first-order valence-electron chi connectivity index (χ1n) is 8.78. The second kappa shape index (κ2) is 9.87. The van der Waals surface area contributed by atoms with Crippen LogP contribution in [0, 0.1) is 23.0 Å². The first kappa shape index (κ1) is 23.3. The van der Waals surface area contributed by atoms with Crippen molar-refractivity contribution in [1.29, 1.82) is 5.26 Å². The molecule has 3 aromatic rings. The number of carbonyl (C=O) groups excluding carboxylic acids is 2. The standard InChI is InChI=1S/C21H12Cl2F2N4O2S/c1-11(30)29(19-3-2-15(24)8-18(19)25)21-28-17(10-32-21)4-12(9-26)20(31)27-16-6-13(22)5-14(23)7-16/h2-8,10H,1H3,(H,27,31)/b12-4+. The summed E-state index contributed by atoms with van der Waals surface area (Å²) >= 11 is 12.8. The van der Waals surface area contributed by atoms with E-state index in [-0.39, 0.29) is 22.1 Å². The average molecular weight is 493 g/mol. The maximum Gasteiger partial charge on any atom is 0.266 e. The van der Waals surface area contributed by atoms with Gasteiger partial charge in [0.1, 0.15) is 23.3 Å². The molecule has 0 unspecified atom stereocenters. The number of halogens is 4. The highest BCUT2D eigenvalue weighted by molar-refractivity contribution is 7.14. The number of benzene rings is 2. The Hall–Kier alpha value is -3.32. The number of anilines is 3. The summed E-state index contributed by atoms with van der Waals surface area (Å²) in [7, 11) is 0. The van der Waals surface area contributed by atoms with Gasteiger partial charge in [0.25, 0.3) is 5.91 Å². The summed E-state index contributed by atoms with van der Waals surface area (Å²) < 4.78 is 27.4. The fraction of sp³-hybridized carbons (Fsp3) is 0.0476. The van der Waals surface area contributed by atoms with Crippen LogP contribution < -0.4 is 10.2 Å². The lowest BCUT2D eigenvalue weighted by atomic mass is 10.2. The predicted octanol–water partition coefficient (Wildman–Crippen LogP) is 5.96. The van der Waals surface area contributed by atoms with Gasteiger partial charge in [-0.2, -0.15) is 5.26 Å². The first-order valence-corrected chi connectivity index (χ1v) is 10.4. The van der Waals surface area contributed by atoms with Crippen LogP contribution in [0.25, 0.3) is 6.08 Å². The summed E-state index contributed by atoms with van der Waals surface area (Å²) in [5.74, 6) is -3.02. The van der Waals surface area contributed by atoms with Crippen LogP contribution in [0.1, 0.15) is 12.6 Å². The number of thiazole rings is 1. The third-order valence-electron chi connectivity index (χ3n) is 3.94. The van der Waals surface area contributed by atoms with Gasteiger partial charge in [-0.25, -0.2) is 13.8 Å². The molecular formula is C21H12Cl2F2N4O2S. The summed E-state index contributed by atoms with van der Waals surface area (Å²) in [4.78, 5) is 29.7. The molecule has 0 atom stereocenters. The topological polar surface area (TPSA) is 86.1 Å². The Morgan fingerprint density at radius 3 is 2.47 bits per heavy atom. The Morgan fingerprint density at radius 2 is 1.88 bits per heavy atom. The van der Waals surface area contributed by atoms with Crippen LogP contribution >= 0.6 is 34.5 Å². The molecule has 0 aliphatic carbocycles. The number of carbonyl (C=O) groups is 2. The van der Waals surface area contributed by atoms with E-state index in [0.717, 1.165) is 28.4 Å². The molecule has 0 aliphatic heterocycles. The monoisotopic (exact) mass is 492 g/mol. The minimum atomic E-state index is -0.940. The van der Waals surface area contributed by atoms with E-state index in [2.05, 4.69) is 10.3 Å². The summed E-state index contributed by atoms with van der Waals surface area (Å²) in [6.45, 7) is 1.20. The zero-order valence-corrected chi connectivity index (χ0v) is 18.5. The SMILES string of the molecule is CC(=O)N(c1nc(/C=C(\C#N)C(=O)Nc2cc(Cl)cc(Cl)c2)cs1)c1ccc(F)cc1F. The normalized spacial score (nSPS) is 11.1. The van der Waals surface area contributed by atoms with E-state index < -0.39 is 23.4 Å². The maximum atomic E-state index is 14.2. The van der Waals surface area contributed by atoms with Crippen molar-refractivity contribution in [3.8, 4) is 6.07 Å². The zero-order chi connectivity index (χ0) is 23.4. The van der Waals surface area contributed by atoms with E-state index in [1.165, 1.54) is 36.6 Å². The fourth-order valence-electron chi connectivity index (χ4n) is 2.64. The highest BCUT2D eigenvalue weighted by Crippen LogP contribution is 2.32. The van der Waals surface area contributed by atoms with Crippen molar-refractivity contribution in [2.24, 2.45) is 0 Å². The van der Waals surface area contributed by atoms with Crippen molar-refractivity contribution in [3.63, 3.8) is 0 Å². The largest absolute Gasteiger partial charge is 0.321 e. The molecule has 2 aromatic carbocycles. The molecule has 3 rings (SSSR count). The number of hydrogen-bond donors (Lipinski definition) is 1. The second-order valence-electron chi connectivity index (χ2n) is 6.29. The van der Waals surface area contributed by atoms with E-state index in [4.69, 9.17) is 23.2 Å². The number of aromatic nitrogens is 1. The number of nitriles is 1. The van der Waals surface area contributed by atoms with Crippen molar-refractivity contribution in [1.82, 2.24) is 4.98 Å². The molecule has 0 fully saturated rings. The highest BCUT2D eigenvalue weighted by Gasteiger charge is 2.22. The second-order valence-corrected chi connectivity index (χ2v) is 8.00. The number of hydrogen-bond acceptors (Lipinski definition) is 5. The van der Waals surface area contributed by atoms with Crippen LogP contribution in [0.4, 0.5) is 25.3 Å². The molecule has 0 saturated heterocycles. The molecule has 0 radical (unpaired) electrons. The molecule has 1 aromatic heterocycles. The average Bonchev–Trinajstić information content (AvgIpc) is 3.15. The number of amides is 2. The van der Waals surface area contributed by atoms with Crippen LogP contribution in [-0.4, -0.2) is 16.8 Å². The van der Waals surface area contributed by atoms with E-state index >= 15 is 0 Å². The zero-order valence-electron chi connectivity index (χ0n) is 16.2. The minimum Gasteiger partial charge on any atom is -0.321 e. The van der Waals surface area contributed by atoms with Crippen LogP contribution in [0.5, 0.6) is 0 Å². The van der Waals surface area contributed by atoms with Gasteiger partial charge in [0.15, 0.2) is 5.13 Å². The third-order valence-corrected chi connectivity index (χ3v) is 5.22. The Bertz CT molecular complexity index is 1270. The minimum absolute atomic E-state index is 0.0774. The molecule has 2 amide bonds. The van der Waals surface area contributed by atoms with Gasteiger partial charge in [-0.1, -0.05) is 23.2 Å². The summed E-state index contributed by atoms with van der Waals surface area (Å²) in [5, 5.41) is 14.1. The van der Waals surface area contributed by atoms with Gasteiger partial charge in [-0.05, 0) is 36.4 Å². The molecule has 6 nitrogen and oxygen atoms in total. The molecule has 0 saturated carbocycles. The molecule has 11 heteroatoms. The maximum absolute atomic E-state index is 14.2. The van der Waals surface area contributed by atoms with E-state index in [1.807, 2.05) is 0 Å². The molecular weight excluding hydrogens is 481 g/mol. The van der Waals surface area contributed by atoms with Crippen molar-refractivity contribution in [3.05, 3.63) is 74.7 Å². The Balaban J connectivity index is 1.88. The molecule has 162 valence electrons. The lowest BCUT2D eigenvalue weighted by Crippen LogP contribution is -2.23. The summed E-state index contributed by atoms with van der Waals surface area (Å²) in [6, 6.07) is 8.97. The fourth-order valence-corrected chi connectivity index (χ4v) is 4.00. The molecule has 0 spiro atoms. The van der Waals surface area contributed by atoms with Crippen molar-refractivity contribution in [2.75, 3.05) is 10.2 Å². The van der Waals surface area contributed by atoms with Gasteiger partial charge in [-0.3, -0.25) is 14.5 Å². The molecule has 32 heavy (non-hydrogen) atoms. The predicted molar refractivity (Wildman–Crippen MR) is 120 cm³/mol. The molecule has 0 bridgehead atoms. The van der Waals surface area contributed by atoms with Crippen molar-refractivity contribution in [2.45, 2.75) is 6.92 Å². The summed E-state index contributed by atoms with van der Waals surface area (Å²) in [5.41, 5.74) is 0.0249. The van der Waals surface area contributed by atoms with Gasteiger partial charge >= 0.3 is 0 Å². The van der Waals surface area contributed by atoms with E-state index in [9.17, 15) is 23.6 Å². The van der Waals surface area contributed by atoms with Crippen molar-refractivity contribution >= 4 is 68.9 Å².